The molecule has 0 spiro atoms. The maximum atomic E-state index is 11.8. The number of amides is 1. The van der Waals surface area contributed by atoms with Crippen molar-refractivity contribution in [3.63, 3.8) is 0 Å². The molecule has 0 saturated heterocycles. The summed E-state index contributed by atoms with van der Waals surface area (Å²) in [5.41, 5.74) is 1.74. The number of hydrogen-bond acceptors (Lipinski definition) is 4. The molecule has 0 saturated carbocycles. The van der Waals surface area contributed by atoms with Crippen LogP contribution in [0.5, 0.6) is 11.5 Å². The monoisotopic (exact) mass is 234 g/mol. The van der Waals surface area contributed by atoms with Gasteiger partial charge in [-0.15, -0.1) is 0 Å². The van der Waals surface area contributed by atoms with Crippen LogP contribution in [-0.4, -0.2) is 25.7 Å². The van der Waals surface area contributed by atoms with Gasteiger partial charge in [0.15, 0.2) is 11.5 Å². The lowest BCUT2D eigenvalue weighted by molar-refractivity contribution is -0.117. The molecule has 0 bridgehead atoms. The molecule has 2 aliphatic heterocycles. The van der Waals surface area contributed by atoms with Crippen LogP contribution in [0, 0.1) is 0 Å². The van der Waals surface area contributed by atoms with Crippen molar-refractivity contribution in [3.05, 3.63) is 17.7 Å². The number of ether oxygens (including phenoxy) is 2. The highest BCUT2D eigenvalue weighted by atomic mass is 16.6. The second kappa shape index (κ2) is 3.92. The van der Waals surface area contributed by atoms with Gasteiger partial charge in [0, 0.05) is 11.6 Å². The zero-order valence-electron chi connectivity index (χ0n) is 9.58. The van der Waals surface area contributed by atoms with Gasteiger partial charge in [-0.1, -0.05) is 6.92 Å². The molecule has 2 aliphatic rings. The molecule has 3 rings (SSSR count). The predicted molar refractivity (Wildman–Crippen MR) is 62.5 cm³/mol. The summed E-state index contributed by atoms with van der Waals surface area (Å²) in [6.07, 6.45) is 0. The van der Waals surface area contributed by atoms with Gasteiger partial charge in [0.2, 0.25) is 5.91 Å². The Morgan fingerprint density at radius 3 is 2.76 bits per heavy atom. The smallest absolute Gasteiger partial charge is 0.246 e. The number of carbonyl (C=O) groups is 1. The van der Waals surface area contributed by atoms with E-state index < -0.39 is 0 Å². The molecule has 5 nitrogen and oxygen atoms in total. The second-order valence-electron chi connectivity index (χ2n) is 4.06. The van der Waals surface area contributed by atoms with Crippen molar-refractivity contribution >= 4 is 11.6 Å². The molecule has 17 heavy (non-hydrogen) atoms. The van der Waals surface area contributed by atoms with Gasteiger partial charge in [0.25, 0.3) is 0 Å². The van der Waals surface area contributed by atoms with E-state index in [0.29, 0.717) is 19.0 Å². The molecule has 1 aromatic rings. The van der Waals surface area contributed by atoms with E-state index in [2.05, 4.69) is 10.6 Å². The molecule has 90 valence electrons. The molecule has 0 radical (unpaired) electrons. The lowest BCUT2D eigenvalue weighted by Gasteiger charge is -2.19. The van der Waals surface area contributed by atoms with Crippen LogP contribution in [0.1, 0.15) is 18.5 Å². The number of likely N-dealkylation sites (N-methyl/N-ethyl adjacent to an activating group) is 1. The summed E-state index contributed by atoms with van der Waals surface area (Å²) < 4.78 is 11.0. The van der Waals surface area contributed by atoms with Gasteiger partial charge in [0.05, 0.1) is 5.69 Å². The zero-order chi connectivity index (χ0) is 11.8. The molecule has 0 aliphatic carbocycles. The van der Waals surface area contributed by atoms with Crippen LogP contribution in [0.15, 0.2) is 12.1 Å². The largest absolute Gasteiger partial charge is 0.486 e. The van der Waals surface area contributed by atoms with Crippen LogP contribution in [0.3, 0.4) is 0 Å². The Balaban J connectivity index is 2.02. The van der Waals surface area contributed by atoms with Gasteiger partial charge < -0.3 is 20.1 Å². The zero-order valence-corrected chi connectivity index (χ0v) is 9.58. The molecule has 2 N–H and O–H groups in total. The molecule has 0 aromatic heterocycles. The minimum Gasteiger partial charge on any atom is -0.486 e. The van der Waals surface area contributed by atoms with Crippen LogP contribution >= 0.6 is 0 Å². The fourth-order valence-electron chi connectivity index (χ4n) is 2.20. The number of fused-ring (bicyclic) bond motifs is 2. The van der Waals surface area contributed by atoms with E-state index in [1.165, 1.54) is 0 Å². The Labute approximate surface area is 99.1 Å². The molecule has 1 amide bonds. The third-order valence-corrected chi connectivity index (χ3v) is 2.95. The third-order valence-electron chi connectivity index (χ3n) is 2.95. The first kappa shape index (κ1) is 10.4. The maximum Gasteiger partial charge on any atom is 0.246 e. The topological polar surface area (TPSA) is 59.6 Å². The highest BCUT2D eigenvalue weighted by Gasteiger charge is 2.32. The van der Waals surface area contributed by atoms with Crippen molar-refractivity contribution in [1.82, 2.24) is 5.32 Å². The summed E-state index contributed by atoms with van der Waals surface area (Å²) in [4.78, 5) is 11.8. The number of benzene rings is 1. The van der Waals surface area contributed by atoms with Crippen LogP contribution < -0.4 is 20.1 Å². The predicted octanol–water partition coefficient (Wildman–Crippen LogP) is 1.06. The van der Waals surface area contributed by atoms with E-state index >= 15 is 0 Å². The molecular weight excluding hydrogens is 220 g/mol. The minimum absolute atomic E-state index is 0.0239. The van der Waals surface area contributed by atoms with Gasteiger partial charge in [-0.05, 0) is 12.6 Å². The number of rotatable bonds is 2. The van der Waals surface area contributed by atoms with Crippen molar-refractivity contribution in [3.8, 4) is 11.5 Å². The molecule has 2 heterocycles. The minimum atomic E-state index is -0.286. The van der Waals surface area contributed by atoms with Crippen LogP contribution in [0.4, 0.5) is 5.69 Å². The van der Waals surface area contributed by atoms with Gasteiger partial charge in [-0.3, -0.25) is 4.79 Å². The van der Waals surface area contributed by atoms with E-state index in [1.807, 2.05) is 19.1 Å². The molecule has 1 atom stereocenters. The first-order chi connectivity index (χ1) is 8.29. The highest BCUT2D eigenvalue weighted by molar-refractivity contribution is 6.03. The standard InChI is InChI=1S/C12H14N2O3/c1-2-13-11-7-5-9-10(17-4-3-16-9)6-8(7)14-12(11)15/h5-6,11,13H,2-4H2,1H3,(H,14,15). The fraction of sp³-hybridized carbons (Fsp3) is 0.417. The van der Waals surface area contributed by atoms with E-state index in [0.717, 1.165) is 23.5 Å². The summed E-state index contributed by atoms with van der Waals surface area (Å²) in [6, 6.07) is 3.43. The third kappa shape index (κ3) is 1.63. The van der Waals surface area contributed by atoms with Crippen molar-refractivity contribution < 1.29 is 14.3 Å². The molecule has 1 aromatic carbocycles. The van der Waals surface area contributed by atoms with Crippen molar-refractivity contribution in [1.29, 1.82) is 0 Å². The Bertz CT molecular complexity index is 473. The van der Waals surface area contributed by atoms with Gasteiger partial charge >= 0.3 is 0 Å². The fourth-order valence-corrected chi connectivity index (χ4v) is 2.20. The summed E-state index contributed by atoms with van der Waals surface area (Å²) in [7, 11) is 0. The summed E-state index contributed by atoms with van der Waals surface area (Å²) in [5.74, 6) is 1.39. The maximum absolute atomic E-state index is 11.8. The highest BCUT2D eigenvalue weighted by Crippen LogP contribution is 2.41. The van der Waals surface area contributed by atoms with E-state index in [4.69, 9.17) is 9.47 Å². The summed E-state index contributed by atoms with van der Waals surface area (Å²) >= 11 is 0. The summed E-state index contributed by atoms with van der Waals surface area (Å²) in [5, 5.41) is 5.99. The average Bonchev–Trinajstić information content (AvgIpc) is 2.63. The normalized spacial score (nSPS) is 21.0. The lowest BCUT2D eigenvalue weighted by atomic mass is 10.1. The second-order valence-corrected chi connectivity index (χ2v) is 4.06. The van der Waals surface area contributed by atoms with Gasteiger partial charge in [-0.2, -0.15) is 0 Å². The Kier molecular flexibility index (Phi) is 2.40. The Morgan fingerprint density at radius 2 is 2.06 bits per heavy atom. The lowest BCUT2D eigenvalue weighted by Crippen LogP contribution is -2.27. The molecule has 1 unspecified atom stereocenters. The number of hydrogen-bond donors (Lipinski definition) is 2. The first-order valence-electron chi connectivity index (χ1n) is 5.77. The number of carbonyl (C=O) groups excluding carboxylic acids is 1. The van der Waals surface area contributed by atoms with Crippen molar-refractivity contribution in [2.24, 2.45) is 0 Å². The first-order valence-corrected chi connectivity index (χ1v) is 5.77. The number of nitrogens with one attached hydrogen (secondary N) is 2. The van der Waals surface area contributed by atoms with Crippen molar-refractivity contribution in [2.75, 3.05) is 25.1 Å². The molecular formula is C12H14N2O3. The summed E-state index contributed by atoms with van der Waals surface area (Å²) in [6.45, 7) is 3.82. The SMILES string of the molecule is CCNC1C(=O)Nc2cc3c(cc21)OCCO3. The molecule has 0 fully saturated rings. The van der Waals surface area contributed by atoms with Gasteiger partial charge in [0.1, 0.15) is 19.3 Å². The van der Waals surface area contributed by atoms with Crippen LogP contribution in [-0.2, 0) is 4.79 Å². The Hall–Kier alpha value is -1.75. The van der Waals surface area contributed by atoms with E-state index in [9.17, 15) is 4.79 Å². The van der Waals surface area contributed by atoms with Gasteiger partial charge in [-0.25, -0.2) is 0 Å². The molecule has 5 heteroatoms. The van der Waals surface area contributed by atoms with Crippen molar-refractivity contribution in [2.45, 2.75) is 13.0 Å². The van der Waals surface area contributed by atoms with E-state index in [1.54, 1.807) is 0 Å². The Morgan fingerprint density at radius 1 is 1.35 bits per heavy atom. The number of anilines is 1. The van der Waals surface area contributed by atoms with E-state index in [-0.39, 0.29) is 11.9 Å². The van der Waals surface area contributed by atoms with Crippen LogP contribution in [0.2, 0.25) is 0 Å². The quantitative estimate of drug-likeness (QED) is 0.803. The average molecular weight is 234 g/mol. The van der Waals surface area contributed by atoms with Crippen LogP contribution in [0.25, 0.3) is 0 Å².